The number of halogens is 2. The van der Waals surface area contributed by atoms with Crippen LogP contribution in [0.4, 0.5) is 4.79 Å². The number of esters is 1. The highest BCUT2D eigenvalue weighted by Gasteiger charge is 2.32. The van der Waals surface area contributed by atoms with Gasteiger partial charge in [0.2, 0.25) is 6.79 Å². The van der Waals surface area contributed by atoms with E-state index in [0.29, 0.717) is 47.0 Å². The second-order valence-corrected chi connectivity index (χ2v) is 10.9. The first-order chi connectivity index (χ1) is 16.6. The molecule has 1 aromatic rings. The molecule has 0 aliphatic heterocycles. The monoisotopic (exact) mass is 550 g/mol. The first-order valence-electron chi connectivity index (χ1n) is 12.0. The quantitative estimate of drug-likeness (QED) is 0.175. The van der Waals surface area contributed by atoms with Crippen molar-refractivity contribution in [3.05, 3.63) is 33.8 Å². The molecule has 0 saturated heterocycles. The van der Waals surface area contributed by atoms with Crippen LogP contribution >= 0.6 is 31.2 Å². The van der Waals surface area contributed by atoms with Gasteiger partial charge in [0.25, 0.3) is 0 Å². The Labute approximate surface area is 217 Å². The fraction of sp³-hybridized carbons (Fsp3) is 0.667. The number of benzene rings is 1. The van der Waals surface area contributed by atoms with Crippen LogP contribution in [0.1, 0.15) is 76.8 Å². The van der Waals surface area contributed by atoms with Crippen molar-refractivity contribution in [1.29, 1.82) is 0 Å². The number of hydrogen-bond acceptors (Lipinski definition) is 6. The molecule has 196 valence electrons. The lowest BCUT2D eigenvalue weighted by atomic mass is 9.80. The molecule has 2 rings (SSSR count). The van der Waals surface area contributed by atoms with Gasteiger partial charge >= 0.3 is 20.1 Å². The Bertz CT molecular complexity index is 872. The average molecular weight is 551 g/mol. The molecule has 2 N–H and O–H groups in total. The number of amides is 1. The van der Waals surface area contributed by atoms with E-state index in [2.05, 4.69) is 0 Å². The van der Waals surface area contributed by atoms with Crippen LogP contribution in [-0.4, -0.2) is 46.1 Å². The summed E-state index contributed by atoms with van der Waals surface area (Å²) < 4.78 is 21.3. The molecule has 5 atom stereocenters. The van der Waals surface area contributed by atoms with Gasteiger partial charge in [-0.25, -0.2) is 4.79 Å². The van der Waals surface area contributed by atoms with E-state index >= 15 is 0 Å². The van der Waals surface area contributed by atoms with Crippen LogP contribution < -0.4 is 0 Å². The van der Waals surface area contributed by atoms with E-state index in [9.17, 15) is 24.2 Å². The van der Waals surface area contributed by atoms with Gasteiger partial charge in [-0.05, 0) is 67.2 Å². The smallest absolute Gasteiger partial charge is 0.428 e. The fourth-order valence-electron chi connectivity index (χ4n) is 4.54. The number of ether oxygens (including phenoxy) is 2. The fourth-order valence-corrected chi connectivity index (χ4v) is 5.62. The molecule has 0 radical (unpaired) electrons. The Morgan fingerprint density at radius 1 is 1.20 bits per heavy atom. The number of aliphatic hydroxyl groups is 1. The van der Waals surface area contributed by atoms with Gasteiger partial charge in [-0.2, -0.15) is 4.89 Å². The number of aliphatic hydroxyl groups excluding tert-OH is 1. The summed E-state index contributed by atoms with van der Waals surface area (Å²) in [5.74, 6) is 0.0291. The van der Waals surface area contributed by atoms with Crippen molar-refractivity contribution >= 4 is 43.3 Å². The summed E-state index contributed by atoms with van der Waals surface area (Å²) in [7, 11) is -2.16. The van der Waals surface area contributed by atoms with E-state index in [0.717, 1.165) is 25.7 Å². The Morgan fingerprint density at radius 2 is 1.91 bits per heavy atom. The molecule has 11 heteroatoms. The van der Waals surface area contributed by atoms with E-state index in [1.807, 2.05) is 6.92 Å². The van der Waals surface area contributed by atoms with Crippen molar-refractivity contribution < 1.29 is 33.6 Å². The van der Waals surface area contributed by atoms with Gasteiger partial charge in [0.05, 0.1) is 16.1 Å². The van der Waals surface area contributed by atoms with Crippen molar-refractivity contribution in [1.82, 2.24) is 4.90 Å². The maximum atomic E-state index is 12.9. The zero-order chi connectivity index (χ0) is 26.0. The first-order valence-corrected chi connectivity index (χ1v) is 14.1. The summed E-state index contributed by atoms with van der Waals surface area (Å²) in [5, 5.41) is 11.7. The third-order valence-electron chi connectivity index (χ3n) is 6.37. The van der Waals surface area contributed by atoms with Crippen molar-refractivity contribution in [2.45, 2.75) is 77.5 Å². The van der Waals surface area contributed by atoms with Crippen LogP contribution in [0.3, 0.4) is 0 Å². The molecule has 1 aliphatic rings. The Kier molecular flexibility index (Phi) is 12.7. The van der Waals surface area contributed by atoms with Gasteiger partial charge in [0.15, 0.2) is 6.16 Å². The summed E-state index contributed by atoms with van der Waals surface area (Å²) in [5.41, 5.74) is 0.655. The number of carbonyl (C=O) groups is 2. The molecule has 0 aromatic heterocycles. The normalized spacial score (nSPS) is 20.0. The standard InChI is InChI=1S/C24H34Cl2NO7P/c1-3-5-23(29)33-15-34-24(30)27(16(2)19-9-10-20(25)21(26)13-19)22(28)11-8-17-6-4-7-18(12-17)14-35(31)32/h9-10,13,16-18,22,28H,3-8,11-12,14-15H2,1-2H3/p+1/t16-,17?,18?,22?/m1/s1. The minimum Gasteiger partial charge on any atom is -0.428 e. The molecule has 0 bridgehead atoms. The number of hydrogen-bond donors (Lipinski definition) is 2. The highest BCUT2D eigenvalue weighted by atomic mass is 35.5. The lowest BCUT2D eigenvalue weighted by molar-refractivity contribution is -0.153. The summed E-state index contributed by atoms with van der Waals surface area (Å²) in [4.78, 5) is 35.0. The molecule has 1 aromatic carbocycles. The molecule has 4 unspecified atom stereocenters. The van der Waals surface area contributed by atoms with Gasteiger partial charge < -0.3 is 14.6 Å². The Balaban J connectivity index is 2.07. The Hall–Kier alpha value is -1.44. The van der Waals surface area contributed by atoms with Crippen LogP contribution in [0.15, 0.2) is 18.2 Å². The molecular weight excluding hydrogens is 516 g/mol. The molecule has 35 heavy (non-hydrogen) atoms. The minimum absolute atomic E-state index is 0.202. The van der Waals surface area contributed by atoms with E-state index < -0.39 is 39.2 Å². The third-order valence-corrected chi connectivity index (χ3v) is 7.94. The number of nitrogens with zero attached hydrogens (tertiary/aromatic N) is 1. The zero-order valence-corrected chi connectivity index (χ0v) is 22.6. The van der Waals surface area contributed by atoms with Gasteiger partial charge in [-0.3, -0.25) is 9.69 Å². The molecule has 1 aliphatic carbocycles. The van der Waals surface area contributed by atoms with Crippen molar-refractivity contribution in [2.75, 3.05) is 13.0 Å². The predicted molar refractivity (Wildman–Crippen MR) is 134 cm³/mol. The van der Waals surface area contributed by atoms with Crippen molar-refractivity contribution in [3.63, 3.8) is 0 Å². The second-order valence-electron chi connectivity index (χ2n) is 9.04. The topological polar surface area (TPSA) is 113 Å². The van der Waals surface area contributed by atoms with Crippen molar-refractivity contribution in [3.8, 4) is 0 Å². The summed E-state index contributed by atoms with van der Waals surface area (Å²) in [6.07, 6.45) is 3.83. The maximum Gasteiger partial charge on any atom is 0.505 e. The lowest BCUT2D eigenvalue weighted by Crippen LogP contribution is -2.43. The lowest BCUT2D eigenvalue weighted by Gasteiger charge is -2.34. The summed E-state index contributed by atoms with van der Waals surface area (Å²) >= 11 is 12.2. The Morgan fingerprint density at radius 3 is 2.57 bits per heavy atom. The van der Waals surface area contributed by atoms with Gasteiger partial charge in [0, 0.05) is 12.3 Å². The minimum atomic E-state index is -2.16. The molecule has 0 spiro atoms. The third kappa shape index (κ3) is 9.85. The number of carbonyl (C=O) groups excluding carboxylic acids is 2. The van der Waals surface area contributed by atoms with Gasteiger partial charge in [-0.15, -0.1) is 0 Å². The van der Waals surface area contributed by atoms with Gasteiger partial charge in [0.1, 0.15) is 6.23 Å². The maximum absolute atomic E-state index is 12.9. The molecule has 1 fully saturated rings. The van der Waals surface area contributed by atoms with Crippen LogP contribution in [0.25, 0.3) is 0 Å². The molecule has 1 amide bonds. The van der Waals surface area contributed by atoms with Crippen LogP contribution in [0.5, 0.6) is 0 Å². The summed E-state index contributed by atoms with van der Waals surface area (Å²) in [6.45, 7) is 3.03. The molecule has 0 heterocycles. The van der Waals surface area contributed by atoms with Crippen LogP contribution in [0, 0.1) is 11.8 Å². The average Bonchev–Trinajstić information content (AvgIpc) is 2.79. The largest absolute Gasteiger partial charge is 0.505 e. The second kappa shape index (κ2) is 15.0. The molecule has 1 saturated carbocycles. The highest BCUT2D eigenvalue weighted by molar-refractivity contribution is 7.38. The highest BCUT2D eigenvalue weighted by Crippen LogP contribution is 2.37. The van der Waals surface area contributed by atoms with Crippen molar-refractivity contribution in [2.24, 2.45) is 11.8 Å². The van der Waals surface area contributed by atoms with E-state index in [-0.39, 0.29) is 12.3 Å². The van der Waals surface area contributed by atoms with E-state index in [1.165, 1.54) is 4.90 Å². The van der Waals surface area contributed by atoms with Gasteiger partial charge in [-0.1, -0.05) is 49.0 Å². The predicted octanol–water partition coefficient (Wildman–Crippen LogP) is 6.43. The SMILES string of the molecule is CCCC(=O)OCOC(=O)N(C(O)CCC1CCCC(C[P+](=O)O)C1)[C@H](C)c1ccc(Cl)c(Cl)c1. The molecular formula is C24H35Cl2NO7P+. The van der Waals surface area contributed by atoms with Crippen LogP contribution in [0.2, 0.25) is 10.0 Å². The molecule has 8 nitrogen and oxygen atoms in total. The van der Waals surface area contributed by atoms with E-state index in [1.54, 1.807) is 25.1 Å². The van der Waals surface area contributed by atoms with Crippen LogP contribution in [-0.2, 0) is 18.8 Å². The van der Waals surface area contributed by atoms with E-state index in [4.69, 9.17) is 32.7 Å². The number of rotatable bonds is 12. The summed E-state index contributed by atoms with van der Waals surface area (Å²) in [6, 6.07) is 4.36. The first kappa shape index (κ1) is 29.8. The zero-order valence-electron chi connectivity index (χ0n) is 20.2.